The van der Waals surface area contributed by atoms with Gasteiger partial charge in [0.1, 0.15) is 10.5 Å². The molecule has 2 aliphatic heterocycles. The van der Waals surface area contributed by atoms with Crippen LogP contribution in [0.15, 0.2) is 28.1 Å². The molecule has 2 unspecified atom stereocenters. The number of anilines is 1. The van der Waals surface area contributed by atoms with Crippen LogP contribution in [0.1, 0.15) is 23.2 Å². The molecule has 4 heterocycles. The first-order valence-corrected chi connectivity index (χ1v) is 10.2. The molecule has 2 aromatic heterocycles. The van der Waals surface area contributed by atoms with Gasteiger partial charge in [-0.05, 0) is 25.0 Å². The molecule has 0 radical (unpaired) electrons. The van der Waals surface area contributed by atoms with Crippen LogP contribution in [-0.2, 0) is 0 Å². The van der Waals surface area contributed by atoms with Crippen LogP contribution < -0.4 is 4.90 Å². The molecule has 0 aliphatic carbocycles. The normalized spacial score (nSPS) is 21.0. The van der Waals surface area contributed by atoms with E-state index in [-0.39, 0.29) is 34.8 Å². The number of benzene rings is 1. The Kier molecular flexibility index (Phi) is 4.42. The van der Waals surface area contributed by atoms with E-state index in [1.165, 1.54) is 28.4 Å². The maximum absolute atomic E-state index is 13.1. The predicted molar refractivity (Wildman–Crippen MR) is 104 cm³/mol. The highest BCUT2D eigenvalue weighted by Gasteiger charge is 2.44. The summed E-state index contributed by atoms with van der Waals surface area (Å²) in [5.74, 6) is -1.32. The van der Waals surface area contributed by atoms with Gasteiger partial charge in [-0.15, -0.1) is 11.3 Å². The number of hydrogen-bond acceptors (Lipinski definition) is 7. The number of Topliss-reactive ketones (excluding diaryl/α,β-unsaturated/α-hetero) is 1. The largest absolute Gasteiger partial charge is 0.465 e. The number of carbonyl (C=O) groups excluding carboxylic acids is 1. The average molecular weight is 434 g/mol. The number of aromatic nitrogens is 2. The molecule has 0 spiro atoms. The second-order valence-corrected chi connectivity index (χ2v) is 8.21. The molecular formula is C19H16F2N4O4S. The van der Waals surface area contributed by atoms with Gasteiger partial charge in [-0.1, -0.05) is 0 Å². The van der Waals surface area contributed by atoms with Crippen LogP contribution in [0.25, 0.3) is 21.7 Å². The van der Waals surface area contributed by atoms with Crippen molar-refractivity contribution in [1.82, 2.24) is 14.9 Å². The third-order valence-corrected chi connectivity index (χ3v) is 6.44. The number of hydrogen-bond donors (Lipinski definition) is 1. The fraction of sp³-hybridized carbons (Fsp3) is 0.368. The van der Waals surface area contributed by atoms with E-state index in [1.54, 1.807) is 11.6 Å². The Bertz CT molecular complexity index is 1120. The predicted octanol–water partition coefficient (Wildman–Crippen LogP) is 3.73. The summed E-state index contributed by atoms with van der Waals surface area (Å²) in [6.07, 6.45) is -1.01. The second kappa shape index (κ2) is 7.01. The van der Waals surface area contributed by atoms with E-state index in [4.69, 9.17) is 4.42 Å². The van der Waals surface area contributed by atoms with Gasteiger partial charge in [0, 0.05) is 24.7 Å². The summed E-state index contributed by atoms with van der Waals surface area (Å²) in [6.45, 7) is 0.778. The topological polar surface area (TPSA) is 99.8 Å². The SMILES string of the molecule is O=C(c1ccc(-c2nccs2)c2oc(N3CC4CCC(C3)N4C(=O)O)nc12)C(F)F. The molecular weight excluding hydrogens is 418 g/mol. The number of carboxylic acid groups (broad SMARTS) is 1. The van der Waals surface area contributed by atoms with E-state index in [9.17, 15) is 23.5 Å². The first-order chi connectivity index (χ1) is 14.4. The van der Waals surface area contributed by atoms with Gasteiger partial charge in [0.05, 0.1) is 23.2 Å². The lowest BCUT2D eigenvalue weighted by Crippen LogP contribution is -2.55. The standard InChI is InChI=1S/C19H16F2N4O4S/c20-16(21)14(26)11-3-4-12(17-22-5-6-30-17)15-13(11)23-18(29-15)24-7-9-1-2-10(8-24)25(9)19(27)28/h3-6,9-10,16H,1-2,7-8H2,(H,27,28). The summed E-state index contributed by atoms with van der Waals surface area (Å²) < 4.78 is 32.2. The summed E-state index contributed by atoms with van der Waals surface area (Å²) in [6, 6.07) is 2.69. The molecule has 3 aromatic rings. The molecule has 1 aromatic carbocycles. The van der Waals surface area contributed by atoms with E-state index in [0.29, 0.717) is 23.7 Å². The first-order valence-electron chi connectivity index (χ1n) is 9.36. The van der Waals surface area contributed by atoms with Crippen molar-refractivity contribution >= 4 is 40.3 Å². The van der Waals surface area contributed by atoms with Gasteiger partial charge >= 0.3 is 12.5 Å². The van der Waals surface area contributed by atoms with Gasteiger partial charge in [0.25, 0.3) is 6.01 Å². The highest BCUT2D eigenvalue weighted by Crippen LogP contribution is 2.38. The van der Waals surface area contributed by atoms with Crippen LogP contribution in [0.2, 0.25) is 0 Å². The number of rotatable bonds is 4. The van der Waals surface area contributed by atoms with Crippen molar-refractivity contribution in [1.29, 1.82) is 0 Å². The summed E-state index contributed by atoms with van der Waals surface area (Å²) in [5, 5.41) is 11.8. The molecule has 156 valence electrons. The molecule has 1 N–H and O–H groups in total. The molecule has 2 atom stereocenters. The number of amides is 1. The molecule has 2 aliphatic rings. The van der Waals surface area contributed by atoms with Crippen molar-refractivity contribution in [3.8, 4) is 10.6 Å². The van der Waals surface area contributed by atoms with E-state index in [1.807, 2.05) is 4.90 Å². The van der Waals surface area contributed by atoms with Gasteiger partial charge < -0.3 is 14.4 Å². The second-order valence-electron chi connectivity index (χ2n) is 7.32. The molecule has 1 amide bonds. The molecule has 0 saturated carbocycles. The van der Waals surface area contributed by atoms with Crippen molar-refractivity contribution < 1.29 is 27.9 Å². The van der Waals surface area contributed by atoms with Crippen LogP contribution >= 0.6 is 11.3 Å². The minimum Gasteiger partial charge on any atom is -0.465 e. The molecule has 2 saturated heterocycles. The summed E-state index contributed by atoms with van der Waals surface area (Å²) in [4.78, 5) is 35.5. The smallest absolute Gasteiger partial charge is 0.407 e. The average Bonchev–Trinajstić information content (AvgIpc) is 3.44. The highest BCUT2D eigenvalue weighted by molar-refractivity contribution is 7.13. The third kappa shape index (κ3) is 2.92. The number of thiazole rings is 1. The van der Waals surface area contributed by atoms with Crippen molar-refractivity contribution in [2.45, 2.75) is 31.4 Å². The zero-order valence-corrected chi connectivity index (χ0v) is 16.3. The van der Waals surface area contributed by atoms with Gasteiger partial charge in [-0.25, -0.2) is 18.6 Å². The van der Waals surface area contributed by atoms with E-state index < -0.39 is 18.3 Å². The van der Waals surface area contributed by atoms with Crippen LogP contribution in [0, 0.1) is 0 Å². The Hall–Kier alpha value is -3.08. The minimum absolute atomic E-state index is 0.0658. The molecule has 30 heavy (non-hydrogen) atoms. The van der Waals surface area contributed by atoms with Crippen molar-refractivity contribution in [2.24, 2.45) is 0 Å². The lowest BCUT2D eigenvalue weighted by molar-refractivity contribution is 0.0680. The summed E-state index contributed by atoms with van der Waals surface area (Å²) in [5.41, 5.74) is 0.648. The number of nitrogens with zero attached hydrogens (tertiary/aromatic N) is 4. The molecule has 2 fully saturated rings. The van der Waals surface area contributed by atoms with E-state index in [2.05, 4.69) is 9.97 Å². The summed E-state index contributed by atoms with van der Waals surface area (Å²) in [7, 11) is 0. The zero-order valence-electron chi connectivity index (χ0n) is 15.5. The number of alkyl halides is 2. The molecule has 11 heteroatoms. The number of oxazole rings is 1. The van der Waals surface area contributed by atoms with Crippen molar-refractivity contribution in [3.63, 3.8) is 0 Å². The summed E-state index contributed by atoms with van der Waals surface area (Å²) >= 11 is 1.35. The van der Waals surface area contributed by atoms with Crippen LogP contribution in [0.5, 0.6) is 0 Å². The Morgan fingerprint density at radius 2 is 1.97 bits per heavy atom. The van der Waals surface area contributed by atoms with Gasteiger partial charge in [-0.2, -0.15) is 4.98 Å². The Labute approximate surface area is 172 Å². The highest BCUT2D eigenvalue weighted by atomic mass is 32.1. The first kappa shape index (κ1) is 18.9. The quantitative estimate of drug-likeness (QED) is 0.625. The monoisotopic (exact) mass is 434 g/mol. The van der Waals surface area contributed by atoms with Crippen LogP contribution in [-0.4, -0.2) is 63.4 Å². The van der Waals surface area contributed by atoms with Crippen LogP contribution in [0.4, 0.5) is 19.6 Å². The molecule has 5 rings (SSSR count). The lowest BCUT2D eigenvalue weighted by Gasteiger charge is -2.38. The number of carbonyl (C=O) groups is 2. The van der Waals surface area contributed by atoms with Crippen molar-refractivity contribution in [3.05, 3.63) is 29.3 Å². The fourth-order valence-electron chi connectivity index (χ4n) is 4.34. The number of halogens is 2. The Morgan fingerprint density at radius 3 is 2.57 bits per heavy atom. The van der Waals surface area contributed by atoms with Gasteiger partial charge in [0.15, 0.2) is 5.58 Å². The van der Waals surface area contributed by atoms with Gasteiger partial charge in [0.2, 0.25) is 5.78 Å². The van der Waals surface area contributed by atoms with E-state index in [0.717, 1.165) is 12.8 Å². The third-order valence-electron chi connectivity index (χ3n) is 5.63. The maximum Gasteiger partial charge on any atom is 0.407 e. The fourth-order valence-corrected chi connectivity index (χ4v) is 5.00. The number of piperazine rings is 1. The minimum atomic E-state index is -3.16. The lowest BCUT2D eigenvalue weighted by atomic mass is 10.1. The van der Waals surface area contributed by atoms with Crippen LogP contribution in [0.3, 0.4) is 0 Å². The Balaban J connectivity index is 1.59. The van der Waals surface area contributed by atoms with E-state index >= 15 is 0 Å². The molecule has 2 bridgehead atoms. The molecule has 8 nitrogen and oxygen atoms in total. The number of fused-ring (bicyclic) bond motifs is 3. The maximum atomic E-state index is 13.1. The van der Waals surface area contributed by atoms with Gasteiger partial charge in [-0.3, -0.25) is 9.69 Å². The Morgan fingerprint density at radius 1 is 1.23 bits per heavy atom. The van der Waals surface area contributed by atoms with Crippen molar-refractivity contribution in [2.75, 3.05) is 18.0 Å². The zero-order chi connectivity index (χ0) is 21.0. The number of ketones is 1.